The predicted octanol–water partition coefficient (Wildman–Crippen LogP) is 3.18. The topological polar surface area (TPSA) is 134 Å². The van der Waals surface area contributed by atoms with Crippen molar-refractivity contribution < 1.29 is 33.6 Å². The smallest absolute Gasteiger partial charge is 0.341 e. The lowest BCUT2D eigenvalue weighted by molar-refractivity contribution is -0.139. The van der Waals surface area contributed by atoms with E-state index in [1.807, 2.05) is 24.3 Å². The maximum absolute atomic E-state index is 13.8. The van der Waals surface area contributed by atoms with E-state index in [4.69, 9.17) is 24.1 Å². The predicted molar refractivity (Wildman–Crippen MR) is 131 cm³/mol. The molecular formula is C26H26N4O7. The van der Waals surface area contributed by atoms with Gasteiger partial charge in [-0.1, -0.05) is 18.2 Å². The molecule has 0 bridgehead atoms. The maximum Gasteiger partial charge on any atom is 0.341 e. The molecule has 0 fully saturated rings. The molecule has 11 nitrogen and oxygen atoms in total. The van der Waals surface area contributed by atoms with Crippen molar-refractivity contribution in [2.75, 3.05) is 33.3 Å². The summed E-state index contributed by atoms with van der Waals surface area (Å²) >= 11 is 0. The number of nitrogens with one attached hydrogen (secondary N) is 1. The first-order valence-corrected chi connectivity index (χ1v) is 11.6. The number of fused-ring (bicyclic) bond motifs is 1. The Kier molecular flexibility index (Phi) is 6.43. The van der Waals surface area contributed by atoms with Gasteiger partial charge in [0.05, 0.1) is 21.3 Å². The van der Waals surface area contributed by atoms with Crippen LogP contribution in [0.5, 0.6) is 23.0 Å². The summed E-state index contributed by atoms with van der Waals surface area (Å²) in [5, 5.41) is 16.8. The van der Waals surface area contributed by atoms with Gasteiger partial charge in [-0.15, -0.1) is 0 Å². The van der Waals surface area contributed by atoms with E-state index in [-0.39, 0.29) is 18.1 Å². The van der Waals surface area contributed by atoms with Gasteiger partial charge < -0.3 is 29.4 Å². The minimum absolute atomic E-state index is 0.0633. The first-order chi connectivity index (χ1) is 17.9. The number of para-hydroxylation sites is 1. The molecule has 2 aromatic carbocycles. The van der Waals surface area contributed by atoms with Gasteiger partial charge in [0.15, 0.2) is 23.9 Å². The minimum atomic E-state index is -1.09. The van der Waals surface area contributed by atoms with Crippen LogP contribution in [0.25, 0.3) is 0 Å². The van der Waals surface area contributed by atoms with Crippen LogP contribution in [-0.4, -0.2) is 59.6 Å². The second kappa shape index (κ2) is 9.84. The van der Waals surface area contributed by atoms with Crippen molar-refractivity contribution in [1.82, 2.24) is 14.8 Å². The fourth-order valence-electron chi connectivity index (χ4n) is 4.99. The molecule has 3 aromatic rings. The van der Waals surface area contributed by atoms with Gasteiger partial charge in [0, 0.05) is 23.3 Å². The fourth-order valence-corrected chi connectivity index (χ4v) is 4.99. The zero-order valence-corrected chi connectivity index (χ0v) is 20.6. The molecule has 2 N–H and O–H groups in total. The Morgan fingerprint density at radius 1 is 1.08 bits per heavy atom. The van der Waals surface area contributed by atoms with Crippen LogP contribution in [0.2, 0.25) is 0 Å². The SMILES string of the molecule is COc1cc([C@@H]2CC(=O)C3=C(C2)Nc2ncnn2[C@@H]3c2ccccc2OCC(=O)O)cc(OC)c1OC. The lowest BCUT2D eigenvalue weighted by Crippen LogP contribution is -2.34. The van der Waals surface area contributed by atoms with Gasteiger partial charge in [-0.3, -0.25) is 4.79 Å². The van der Waals surface area contributed by atoms with Gasteiger partial charge in [-0.2, -0.15) is 10.1 Å². The highest BCUT2D eigenvalue weighted by Gasteiger charge is 2.40. The number of rotatable bonds is 8. The zero-order chi connectivity index (χ0) is 26.1. The van der Waals surface area contributed by atoms with Crippen LogP contribution >= 0.6 is 0 Å². The standard InChI is InChI=1S/C26H26N4O7/c1-34-20-10-15(11-21(35-2)25(20)36-3)14-8-17-23(18(31)9-14)24(30-26(29-17)27-13-28-30)16-6-4-5-7-19(16)37-12-22(32)33/h4-7,10-11,13-14,24H,8-9,12H2,1-3H3,(H,32,33)(H,27,28,29)/t14-,24+/m0/s1. The number of carbonyl (C=O) groups is 2. The molecule has 1 aliphatic carbocycles. The van der Waals surface area contributed by atoms with E-state index in [1.165, 1.54) is 6.33 Å². The molecule has 2 aliphatic rings. The van der Waals surface area contributed by atoms with E-state index in [0.29, 0.717) is 46.5 Å². The summed E-state index contributed by atoms with van der Waals surface area (Å²) in [6.45, 7) is -0.505. The molecule has 5 rings (SSSR count). The van der Waals surface area contributed by atoms with Gasteiger partial charge in [0.2, 0.25) is 11.7 Å². The largest absolute Gasteiger partial charge is 0.493 e. The number of carboxylic acids is 1. The summed E-state index contributed by atoms with van der Waals surface area (Å²) in [6, 6.07) is 10.2. The van der Waals surface area contributed by atoms with Crippen LogP contribution < -0.4 is 24.3 Å². The summed E-state index contributed by atoms with van der Waals surface area (Å²) in [5.41, 5.74) is 2.79. The Bertz CT molecular complexity index is 1370. The quantitative estimate of drug-likeness (QED) is 0.469. The van der Waals surface area contributed by atoms with E-state index >= 15 is 0 Å². The number of ketones is 1. The molecular weight excluding hydrogens is 480 g/mol. The summed E-state index contributed by atoms with van der Waals surface area (Å²) in [4.78, 5) is 29.2. The van der Waals surface area contributed by atoms with Crippen LogP contribution in [0.1, 0.15) is 35.9 Å². The van der Waals surface area contributed by atoms with Crippen molar-refractivity contribution >= 4 is 17.7 Å². The van der Waals surface area contributed by atoms with Crippen LogP contribution in [0.4, 0.5) is 5.95 Å². The Morgan fingerprint density at radius 3 is 2.49 bits per heavy atom. The Morgan fingerprint density at radius 2 is 1.81 bits per heavy atom. The molecule has 0 amide bonds. The summed E-state index contributed by atoms with van der Waals surface area (Å²) < 4.78 is 23.7. The molecule has 2 atom stereocenters. The number of nitrogens with zero attached hydrogens (tertiary/aromatic N) is 3. The van der Waals surface area contributed by atoms with E-state index in [1.54, 1.807) is 38.1 Å². The van der Waals surface area contributed by atoms with Crippen LogP contribution in [0.3, 0.4) is 0 Å². The van der Waals surface area contributed by atoms with Crippen molar-refractivity contribution in [2.45, 2.75) is 24.8 Å². The van der Waals surface area contributed by atoms with E-state index in [0.717, 1.165) is 11.3 Å². The number of benzene rings is 2. The molecule has 2 heterocycles. The summed E-state index contributed by atoms with van der Waals surface area (Å²) in [5.74, 6) is 1.05. The van der Waals surface area contributed by atoms with Crippen molar-refractivity contribution in [3.63, 3.8) is 0 Å². The number of allylic oxidation sites excluding steroid dienone is 2. The van der Waals surface area contributed by atoms with Gasteiger partial charge in [0.25, 0.3) is 0 Å². The number of anilines is 1. The number of aromatic nitrogens is 3. The normalized spacial score (nSPS) is 18.4. The van der Waals surface area contributed by atoms with Crippen molar-refractivity contribution in [1.29, 1.82) is 0 Å². The molecule has 0 radical (unpaired) electrons. The number of hydrogen-bond acceptors (Lipinski definition) is 9. The third-order valence-electron chi connectivity index (χ3n) is 6.58. The number of methoxy groups -OCH3 is 3. The molecule has 0 saturated heterocycles. The number of carboxylic acid groups (broad SMARTS) is 1. The molecule has 37 heavy (non-hydrogen) atoms. The molecule has 192 valence electrons. The monoisotopic (exact) mass is 506 g/mol. The molecule has 1 aliphatic heterocycles. The summed E-state index contributed by atoms with van der Waals surface area (Å²) in [7, 11) is 4.65. The zero-order valence-electron chi connectivity index (χ0n) is 20.6. The van der Waals surface area contributed by atoms with E-state index < -0.39 is 18.6 Å². The average Bonchev–Trinajstić information content (AvgIpc) is 3.38. The third kappa shape index (κ3) is 4.32. The van der Waals surface area contributed by atoms with E-state index in [9.17, 15) is 9.59 Å². The van der Waals surface area contributed by atoms with E-state index in [2.05, 4.69) is 15.4 Å². The number of aliphatic carboxylic acids is 1. The number of Topliss-reactive ketones (excluding diaryl/α,β-unsaturated/α-hetero) is 1. The van der Waals surface area contributed by atoms with Gasteiger partial charge in [0.1, 0.15) is 18.1 Å². The lowest BCUT2D eigenvalue weighted by Gasteiger charge is -2.35. The van der Waals surface area contributed by atoms with Crippen LogP contribution in [0, 0.1) is 0 Å². The lowest BCUT2D eigenvalue weighted by atomic mass is 9.77. The Balaban J connectivity index is 1.57. The summed E-state index contributed by atoms with van der Waals surface area (Å²) in [6.07, 6.45) is 2.19. The van der Waals surface area contributed by atoms with Gasteiger partial charge >= 0.3 is 5.97 Å². The van der Waals surface area contributed by atoms with Crippen LogP contribution in [0.15, 0.2) is 54.0 Å². The maximum atomic E-state index is 13.8. The first kappa shape index (κ1) is 24.2. The fraction of sp³-hybridized carbons (Fsp3) is 0.308. The number of carbonyl (C=O) groups excluding carboxylic acids is 1. The van der Waals surface area contributed by atoms with Crippen molar-refractivity contribution in [2.24, 2.45) is 0 Å². The minimum Gasteiger partial charge on any atom is -0.493 e. The first-order valence-electron chi connectivity index (χ1n) is 11.6. The average molecular weight is 507 g/mol. The molecule has 0 spiro atoms. The molecule has 11 heteroatoms. The van der Waals surface area contributed by atoms with Crippen molar-refractivity contribution in [3.05, 3.63) is 65.1 Å². The molecule has 0 unspecified atom stereocenters. The Labute approximate surface area is 212 Å². The Hall–Kier alpha value is -4.54. The van der Waals surface area contributed by atoms with Crippen molar-refractivity contribution in [3.8, 4) is 23.0 Å². The second-order valence-corrected chi connectivity index (χ2v) is 8.66. The van der Waals surface area contributed by atoms with Gasteiger partial charge in [-0.05, 0) is 36.1 Å². The molecule has 1 aromatic heterocycles. The highest BCUT2D eigenvalue weighted by atomic mass is 16.5. The third-order valence-corrected chi connectivity index (χ3v) is 6.58. The second-order valence-electron chi connectivity index (χ2n) is 8.66. The van der Waals surface area contributed by atoms with Crippen LogP contribution in [-0.2, 0) is 9.59 Å². The number of hydrogen-bond donors (Lipinski definition) is 2. The number of ether oxygens (including phenoxy) is 4. The molecule has 0 saturated carbocycles. The highest BCUT2D eigenvalue weighted by molar-refractivity contribution is 6.00. The van der Waals surface area contributed by atoms with Gasteiger partial charge in [-0.25, -0.2) is 9.48 Å². The highest BCUT2D eigenvalue weighted by Crippen LogP contribution is 2.48.